The van der Waals surface area contributed by atoms with Crippen LogP contribution in [0.3, 0.4) is 0 Å². The topological polar surface area (TPSA) is 40.9 Å². The predicted molar refractivity (Wildman–Crippen MR) is 134 cm³/mol. The molecule has 2 aliphatic heterocycles. The third-order valence-corrected chi connectivity index (χ3v) is 8.05. The highest BCUT2D eigenvalue weighted by molar-refractivity contribution is 5.88. The van der Waals surface area contributed by atoms with Crippen LogP contribution in [0.2, 0.25) is 0 Å². The number of benzene rings is 2. The number of rotatable bonds is 6. The summed E-state index contributed by atoms with van der Waals surface area (Å²) >= 11 is 0. The minimum absolute atomic E-state index is 0.00662. The van der Waals surface area contributed by atoms with Crippen LogP contribution in [-0.4, -0.2) is 59.4 Å². The molecule has 0 radical (unpaired) electrons. The Morgan fingerprint density at radius 2 is 1.94 bits per heavy atom. The number of hydrogen-bond donors (Lipinski definition) is 1. The highest BCUT2D eigenvalue weighted by atomic mass is 19.1. The summed E-state index contributed by atoms with van der Waals surface area (Å²) in [5.41, 5.74) is 4.69. The van der Waals surface area contributed by atoms with Gasteiger partial charge in [-0.15, -0.1) is 0 Å². The number of hydrogen-bond acceptors (Lipinski definition) is 4. The van der Waals surface area contributed by atoms with Crippen molar-refractivity contribution in [2.24, 2.45) is 7.05 Å². The summed E-state index contributed by atoms with van der Waals surface area (Å²) < 4.78 is 21.8. The van der Waals surface area contributed by atoms with E-state index in [1.165, 1.54) is 29.1 Å². The Bertz CT molecular complexity index is 1170. The predicted octanol–water partition coefficient (Wildman–Crippen LogP) is 4.62. The van der Waals surface area contributed by atoms with E-state index in [1.807, 2.05) is 6.07 Å². The largest absolute Gasteiger partial charge is 0.497 e. The van der Waals surface area contributed by atoms with Gasteiger partial charge in [-0.3, -0.25) is 4.90 Å². The molecule has 1 fully saturated rings. The van der Waals surface area contributed by atoms with Gasteiger partial charge >= 0.3 is 0 Å². The van der Waals surface area contributed by atoms with Crippen LogP contribution in [0.5, 0.6) is 5.75 Å². The molecule has 0 aliphatic carbocycles. The molecule has 2 aliphatic rings. The molecular formula is C28H36FN3O2. The molecule has 5 nitrogen and oxygen atoms in total. The minimum atomic E-state index is -0.213. The smallest absolute Gasteiger partial charge is 0.123 e. The van der Waals surface area contributed by atoms with Gasteiger partial charge in [-0.2, -0.15) is 0 Å². The van der Waals surface area contributed by atoms with E-state index in [4.69, 9.17) is 4.74 Å². The van der Waals surface area contributed by atoms with Gasteiger partial charge in [-0.1, -0.05) is 19.1 Å². The van der Waals surface area contributed by atoms with E-state index in [2.05, 4.69) is 46.5 Å². The van der Waals surface area contributed by atoms with Crippen LogP contribution < -0.4 is 4.74 Å². The lowest BCUT2D eigenvalue weighted by molar-refractivity contribution is 0.0416. The lowest BCUT2D eigenvalue weighted by Gasteiger charge is -2.50. The Kier molecular flexibility index (Phi) is 6.40. The van der Waals surface area contributed by atoms with Gasteiger partial charge in [0, 0.05) is 42.7 Å². The average molecular weight is 466 g/mol. The van der Waals surface area contributed by atoms with E-state index in [1.54, 1.807) is 19.2 Å². The summed E-state index contributed by atoms with van der Waals surface area (Å²) in [5.74, 6) is 0.629. The van der Waals surface area contributed by atoms with Gasteiger partial charge in [0.15, 0.2) is 0 Å². The van der Waals surface area contributed by atoms with Gasteiger partial charge in [0.25, 0.3) is 0 Å². The molecule has 6 heteroatoms. The van der Waals surface area contributed by atoms with Crippen molar-refractivity contribution in [2.75, 3.05) is 39.9 Å². The number of likely N-dealkylation sites (tertiary alicyclic amines) is 1. The maximum Gasteiger partial charge on any atom is 0.123 e. The van der Waals surface area contributed by atoms with Crippen molar-refractivity contribution < 1.29 is 14.2 Å². The summed E-state index contributed by atoms with van der Waals surface area (Å²) in [6, 6.07) is 13.1. The van der Waals surface area contributed by atoms with Crippen LogP contribution in [0.1, 0.15) is 49.0 Å². The zero-order chi connectivity index (χ0) is 23.9. The van der Waals surface area contributed by atoms with E-state index < -0.39 is 0 Å². The molecule has 1 atom stereocenters. The monoisotopic (exact) mass is 465 g/mol. The summed E-state index contributed by atoms with van der Waals surface area (Å²) in [7, 11) is 3.81. The Balaban J connectivity index is 1.64. The van der Waals surface area contributed by atoms with E-state index in [-0.39, 0.29) is 23.9 Å². The first kappa shape index (κ1) is 23.3. The Hall–Kier alpha value is -2.41. The minimum Gasteiger partial charge on any atom is -0.497 e. The lowest BCUT2D eigenvalue weighted by atomic mass is 9.68. The molecule has 0 amide bonds. The molecular weight excluding hydrogens is 429 g/mol. The van der Waals surface area contributed by atoms with Crippen molar-refractivity contribution in [2.45, 2.75) is 44.2 Å². The summed E-state index contributed by atoms with van der Waals surface area (Å²) in [6.07, 6.45) is 3.34. The van der Waals surface area contributed by atoms with Crippen LogP contribution in [-0.2, 0) is 19.0 Å². The van der Waals surface area contributed by atoms with Crippen LogP contribution in [0, 0.1) is 5.82 Å². The van der Waals surface area contributed by atoms with Crippen molar-refractivity contribution in [3.05, 3.63) is 65.1 Å². The third kappa shape index (κ3) is 3.92. The summed E-state index contributed by atoms with van der Waals surface area (Å²) in [6.45, 7) is 7.06. The molecule has 0 bridgehead atoms. The molecule has 2 aromatic carbocycles. The zero-order valence-corrected chi connectivity index (χ0v) is 20.6. The number of aliphatic hydroxyl groups excluding tert-OH is 1. The number of aromatic nitrogens is 1. The second kappa shape index (κ2) is 9.33. The first-order valence-corrected chi connectivity index (χ1v) is 12.5. The van der Waals surface area contributed by atoms with Crippen LogP contribution in [0.4, 0.5) is 4.39 Å². The zero-order valence-electron chi connectivity index (χ0n) is 20.6. The highest BCUT2D eigenvalue weighted by Gasteiger charge is 2.47. The Morgan fingerprint density at radius 1 is 1.15 bits per heavy atom. The molecule has 5 rings (SSSR count). The molecule has 3 heterocycles. The maximum atomic E-state index is 14.0. The molecule has 1 spiro atoms. The third-order valence-electron chi connectivity index (χ3n) is 8.05. The lowest BCUT2D eigenvalue weighted by Crippen LogP contribution is -2.53. The van der Waals surface area contributed by atoms with Crippen LogP contribution in [0.15, 0.2) is 42.5 Å². The number of halogens is 1. The fraction of sp³-hybridized carbons (Fsp3) is 0.500. The van der Waals surface area contributed by atoms with Gasteiger partial charge in [0.2, 0.25) is 0 Å². The molecule has 3 aromatic rings. The van der Waals surface area contributed by atoms with Gasteiger partial charge in [0.05, 0.1) is 25.3 Å². The van der Waals surface area contributed by atoms with Crippen LogP contribution in [0.25, 0.3) is 10.9 Å². The quantitative estimate of drug-likeness (QED) is 0.577. The van der Waals surface area contributed by atoms with Crippen molar-refractivity contribution in [3.8, 4) is 5.75 Å². The van der Waals surface area contributed by atoms with E-state index in [0.717, 1.165) is 55.9 Å². The van der Waals surface area contributed by atoms with E-state index in [0.29, 0.717) is 6.54 Å². The molecule has 0 unspecified atom stereocenters. The number of ether oxygens (including phenoxy) is 1. The van der Waals surface area contributed by atoms with Gasteiger partial charge in [0.1, 0.15) is 11.6 Å². The number of fused-ring (bicyclic) bond motifs is 4. The van der Waals surface area contributed by atoms with Crippen LogP contribution >= 0.6 is 0 Å². The maximum absolute atomic E-state index is 14.0. The number of nitrogens with zero attached hydrogens (tertiary/aromatic N) is 3. The van der Waals surface area contributed by atoms with E-state index in [9.17, 15) is 9.50 Å². The number of aliphatic hydroxyl groups is 1. The second-order valence-electron chi connectivity index (χ2n) is 10.1. The molecule has 1 N–H and O–H groups in total. The summed E-state index contributed by atoms with van der Waals surface area (Å²) in [4.78, 5) is 4.96. The second-order valence-corrected chi connectivity index (χ2v) is 10.1. The molecule has 182 valence electrons. The van der Waals surface area contributed by atoms with Crippen molar-refractivity contribution in [3.63, 3.8) is 0 Å². The SMILES string of the molecule is CCCN1CCC2(CC1)CN(Cc1cccc(F)c1)[C@H](CO)c1c2c2ccc(OC)cc2n1C. The number of methoxy groups -OCH3 is 1. The fourth-order valence-corrected chi connectivity index (χ4v) is 6.43. The average Bonchev–Trinajstić information content (AvgIpc) is 3.14. The Labute approximate surface area is 201 Å². The molecule has 0 saturated carbocycles. The normalized spacial score (nSPS) is 20.7. The van der Waals surface area contributed by atoms with Gasteiger partial charge in [-0.05, 0) is 74.3 Å². The van der Waals surface area contributed by atoms with Crippen molar-refractivity contribution >= 4 is 10.9 Å². The Morgan fingerprint density at radius 3 is 2.62 bits per heavy atom. The fourth-order valence-electron chi connectivity index (χ4n) is 6.43. The molecule has 34 heavy (non-hydrogen) atoms. The number of piperidine rings is 1. The van der Waals surface area contributed by atoms with Gasteiger partial charge < -0.3 is 19.3 Å². The highest BCUT2D eigenvalue weighted by Crippen LogP contribution is 2.50. The standard InChI is InChI=1S/C28H36FN3O2/c1-4-12-31-13-10-28(11-14-31)19-32(17-20-6-5-7-21(29)15-20)25(18-33)27-26(28)23-9-8-22(34-3)16-24(23)30(27)2/h5-9,15-16,25,33H,4,10-14,17-19H2,1-3H3/t25-/m1/s1. The molecule has 1 aromatic heterocycles. The molecule has 1 saturated heterocycles. The summed E-state index contributed by atoms with van der Waals surface area (Å²) in [5, 5.41) is 11.9. The van der Waals surface area contributed by atoms with Crippen molar-refractivity contribution in [1.29, 1.82) is 0 Å². The first-order valence-electron chi connectivity index (χ1n) is 12.5. The van der Waals surface area contributed by atoms with Gasteiger partial charge in [-0.25, -0.2) is 4.39 Å². The first-order chi connectivity index (χ1) is 16.5. The number of aryl methyl sites for hydroxylation is 1. The van der Waals surface area contributed by atoms with Crippen molar-refractivity contribution in [1.82, 2.24) is 14.4 Å². The van der Waals surface area contributed by atoms with E-state index >= 15 is 0 Å².